The summed E-state index contributed by atoms with van der Waals surface area (Å²) in [5.41, 5.74) is 1.03. The Hall–Kier alpha value is -3.30. The van der Waals surface area contributed by atoms with Crippen LogP contribution in [0.25, 0.3) is 0 Å². The molecule has 6 nitrogen and oxygen atoms in total. The molecule has 132 valence electrons. The van der Waals surface area contributed by atoms with Crippen molar-refractivity contribution in [2.24, 2.45) is 0 Å². The maximum absolute atomic E-state index is 12.2. The molecule has 0 radical (unpaired) electrons. The van der Waals surface area contributed by atoms with E-state index in [1.807, 2.05) is 6.07 Å². The smallest absolute Gasteiger partial charge is 0.340 e. The molecule has 7 heteroatoms. The number of benzene rings is 2. The number of ether oxygens (including phenoxy) is 1. The molecule has 0 aliphatic carbocycles. The summed E-state index contributed by atoms with van der Waals surface area (Å²) in [4.78, 5) is 24.2. The molecule has 0 saturated heterocycles. The van der Waals surface area contributed by atoms with Crippen LogP contribution in [0.4, 0.5) is 11.4 Å². The van der Waals surface area contributed by atoms with Crippen molar-refractivity contribution in [3.63, 3.8) is 0 Å². The second-order valence-corrected chi connectivity index (χ2v) is 5.48. The van der Waals surface area contributed by atoms with Gasteiger partial charge < -0.3 is 15.4 Å². The molecule has 2 aromatic carbocycles. The average Bonchev–Trinajstić information content (AvgIpc) is 2.62. The summed E-state index contributed by atoms with van der Waals surface area (Å²) in [5.74, 6) is -1.10. The van der Waals surface area contributed by atoms with Crippen molar-refractivity contribution >= 4 is 34.9 Å². The standard InChI is InChI=1S/C19H16ClN3O3/c1-2-26-19(25)16-8-3-4-9-17(16)22-12-13(11-21)18(24)23-15-7-5-6-14(20)10-15/h3-10,12,22H,2H2,1H3,(H,23,24)/b13-12-. The number of amides is 1. The van der Waals surface area contributed by atoms with Crippen molar-refractivity contribution in [1.82, 2.24) is 0 Å². The molecule has 26 heavy (non-hydrogen) atoms. The highest BCUT2D eigenvalue weighted by Crippen LogP contribution is 2.18. The lowest BCUT2D eigenvalue weighted by molar-refractivity contribution is -0.112. The minimum Gasteiger partial charge on any atom is -0.462 e. The third-order valence-electron chi connectivity index (χ3n) is 3.24. The van der Waals surface area contributed by atoms with Gasteiger partial charge in [0.2, 0.25) is 0 Å². The quantitative estimate of drug-likeness (QED) is 0.456. The lowest BCUT2D eigenvalue weighted by Crippen LogP contribution is -2.15. The van der Waals surface area contributed by atoms with Crippen molar-refractivity contribution in [3.8, 4) is 6.07 Å². The van der Waals surface area contributed by atoms with Gasteiger partial charge in [-0.2, -0.15) is 5.26 Å². The maximum atomic E-state index is 12.2. The van der Waals surface area contributed by atoms with Gasteiger partial charge in [-0.1, -0.05) is 29.8 Å². The Morgan fingerprint density at radius 3 is 2.69 bits per heavy atom. The molecular formula is C19H16ClN3O3. The van der Waals surface area contributed by atoms with E-state index in [0.717, 1.165) is 0 Å². The SMILES string of the molecule is CCOC(=O)c1ccccc1N/C=C(/C#N)C(=O)Nc1cccc(Cl)c1. The highest BCUT2D eigenvalue weighted by molar-refractivity contribution is 6.31. The summed E-state index contributed by atoms with van der Waals surface area (Å²) in [6.07, 6.45) is 1.23. The van der Waals surface area contributed by atoms with E-state index >= 15 is 0 Å². The second-order valence-electron chi connectivity index (χ2n) is 5.04. The number of esters is 1. The Bertz CT molecular complexity index is 888. The first-order valence-electron chi connectivity index (χ1n) is 7.75. The maximum Gasteiger partial charge on any atom is 0.340 e. The van der Waals surface area contributed by atoms with Crippen molar-refractivity contribution < 1.29 is 14.3 Å². The van der Waals surface area contributed by atoms with E-state index in [1.165, 1.54) is 6.20 Å². The summed E-state index contributed by atoms with van der Waals surface area (Å²) < 4.78 is 4.98. The lowest BCUT2D eigenvalue weighted by atomic mass is 10.1. The normalized spacial score (nSPS) is 10.6. The fourth-order valence-electron chi connectivity index (χ4n) is 2.06. The molecule has 2 aromatic rings. The van der Waals surface area contributed by atoms with Crippen LogP contribution in [0.2, 0.25) is 5.02 Å². The predicted molar refractivity (Wildman–Crippen MR) is 99.8 cm³/mol. The van der Waals surface area contributed by atoms with E-state index in [-0.39, 0.29) is 12.2 Å². The summed E-state index contributed by atoms with van der Waals surface area (Å²) in [5, 5.41) is 15.1. The first-order valence-corrected chi connectivity index (χ1v) is 8.12. The minimum absolute atomic E-state index is 0.163. The zero-order chi connectivity index (χ0) is 18.9. The first-order chi connectivity index (χ1) is 12.5. The topological polar surface area (TPSA) is 91.2 Å². The van der Waals surface area contributed by atoms with Crippen molar-refractivity contribution in [1.29, 1.82) is 5.26 Å². The molecular weight excluding hydrogens is 354 g/mol. The molecule has 0 aliphatic heterocycles. The van der Waals surface area contributed by atoms with Crippen LogP contribution in [0.3, 0.4) is 0 Å². The van der Waals surface area contributed by atoms with Gasteiger partial charge in [0.15, 0.2) is 0 Å². The summed E-state index contributed by atoms with van der Waals surface area (Å²) >= 11 is 5.87. The summed E-state index contributed by atoms with van der Waals surface area (Å²) in [7, 11) is 0. The number of nitrogens with one attached hydrogen (secondary N) is 2. The Kier molecular flexibility index (Phi) is 6.77. The van der Waals surface area contributed by atoms with Gasteiger partial charge in [-0.25, -0.2) is 4.79 Å². The number of halogens is 1. The van der Waals surface area contributed by atoms with E-state index in [1.54, 1.807) is 55.5 Å². The van der Waals surface area contributed by atoms with Gasteiger partial charge in [0.05, 0.1) is 17.9 Å². The number of nitriles is 1. The number of hydrogen-bond acceptors (Lipinski definition) is 5. The van der Waals surface area contributed by atoms with Crippen LogP contribution >= 0.6 is 11.6 Å². The van der Waals surface area contributed by atoms with Gasteiger partial charge >= 0.3 is 5.97 Å². The Morgan fingerprint density at radius 1 is 1.23 bits per heavy atom. The monoisotopic (exact) mass is 369 g/mol. The van der Waals surface area contributed by atoms with Crippen LogP contribution in [0, 0.1) is 11.3 Å². The third kappa shape index (κ3) is 5.10. The molecule has 0 atom stereocenters. The average molecular weight is 370 g/mol. The van der Waals surface area contributed by atoms with Gasteiger partial charge in [0.25, 0.3) is 5.91 Å². The zero-order valence-corrected chi connectivity index (χ0v) is 14.7. The minimum atomic E-state index is -0.601. The molecule has 0 aliphatic rings. The fraction of sp³-hybridized carbons (Fsp3) is 0.105. The lowest BCUT2D eigenvalue weighted by Gasteiger charge is -2.09. The molecule has 0 spiro atoms. The van der Waals surface area contributed by atoms with Gasteiger partial charge in [-0.05, 0) is 37.3 Å². The highest BCUT2D eigenvalue weighted by Gasteiger charge is 2.13. The van der Waals surface area contributed by atoms with Gasteiger partial charge in [0.1, 0.15) is 11.6 Å². The number of anilines is 2. The Morgan fingerprint density at radius 2 is 2.00 bits per heavy atom. The fourth-order valence-corrected chi connectivity index (χ4v) is 2.25. The van der Waals surface area contributed by atoms with Crippen molar-refractivity contribution in [2.45, 2.75) is 6.92 Å². The van der Waals surface area contributed by atoms with Crippen LogP contribution in [-0.2, 0) is 9.53 Å². The van der Waals surface area contributed by atoms with Crippen LogP contribution in [0.5, 0.6) is 0 Å². The number of rotatable bonds is 6. The largest absolute Gasteiger partial charge is 0.462 e. The van der Waals surface area contributed by atoms with Crippen LogP contribution in [0.15, 0.2) is 60.3 Å². The number of para-hydroxylation sites is 1. The predicted octanol–water partition coefficient (Wildman–Crippen LogP) is 3.97. The van der Waals surface area contributed by atoms with Crippen molar-refractivity contribution in [3.05, 3.63) is 70.9 Å². The summed E-state index contributed by atoms with van der Waals surface area (Å²) in [6.45, 7) is 1.95. The second kappa shape index (κ2) is 9.25. The van der Waals surface area contributed by atoms with E-state index in [2.05, 4.69) is 10.6 Å². The van der Waals surface area contributed by atoms with Gasteiger partial charge in [-0.15, -0.1) is 0 Å². The number of carbonyl (C=O) groups is 2. The zero-order valence-electron chi connectivity index (χ0n) is 14.0. The summed E-state index contributed by atoms with van der Waals surface area (Å²) in [6, 6.07) is 15.0. The van der Waals surface area contributed by atoms with Crippen LogP contribution < -0.4 is 10.6 Å². The van der Waals surface area contributed by atoms with Crippen molar-refractivity contribution in [2.75, 3.05) is 17.2 Å². The molecule has 0 unspecified atom stereocenters. The molecule has 0 saturated carbocycles. The molecule has 1 amide bonds. The van der Waals surface area contributed by atoms with E-state index in [0.29, 0.717) is 22.0 Å². The van der Waals surface area contributed by atoms with Gasteiger partial charge in [-0.3, -0.25) is 4.79 Å². The third-order valence-corrected chi connectivity index (χ3v) is 3.48. The van der Waals surface area contributed by atoms with E-state index < -0.39 is 11.9 Å². The number of hydrogen-bond donors (Lipinski definition) is 2. The van der Waals surface area contributed by atoms with Gasteiger partial charge in [0, 0.05) is 16.9 Å². The van der Waals surface area contributed by atoms with E-state index in [4.69, 9.17) is 16.3 Å². The van der Waals surface area contributed by atoms with Crippen LogP contribution in [0.1, 0.15) is 17.3 Å². The highest BCUT2D eigenvalue weighted by atomic mass is 35.5. The Balaban J connectivity index is 2.16. The van der Waals surface area contributed by atoms with Crippen LogP contribution in [-0.4, -0.2) is 18.5 Å². The number of carbonyl (C=O) groups excluding carboxylic acids is 2. The molecule has 0 heterocycles. The Labute approximate surface area is 156 Å². The molecule has 0 fully saturated rings. The molecule has 0 aromatic heterocycles. The number of nitrogens with zero attached hydrogens (tertiary/aromatic N) is 1. The molecule has 0 bridgehead atoms. The molecule has 2 N–H and O–H groups in total. The molecule has 2 rings (SSSR count). The first kappa shape index (κ1) is 19.0. The van der Waals surface area contributed by atoms with E-state index in [9.17, 15) is 14.9 Å².